The molecule has 1 N–H and O–H groups in total. The van der Waals surface area contributed by atoms with E-state index < -0.39 is 5.69 Å². The van der Waals surface area contributed by atoms with Gasteiger partial charge in [0.15, 0.2) is 0 Å². The van der Waals surface area contributed by atoms with Crippen LogP contribution in [0.25, 0.3) is 5.57 Å². The van der Waals surface area contributed by atoms with Gasteiger partial charge in [-0.2, -0.15) is 0 Å². The van der Waals surface area contributed by atoms with Gasteiger partial charge < -0.3 is 4.74 Å². The standard InChI is InChI=1S/C21H26N2O3/c1-7-18-19(16(6)17-9-14(4)8-15(5)10-17)23(12-26-11-13(2)3)21(25)22-20(18)24/h8-10H,2,6-7,11-12H2,1,3-5H3,(H,22,24,25). The fourth-order valence-electron chi connectivity index (χ4n) is 3.01. The lowest BCUT2D eigenvalue weighted by molar-refractivity contribution is 0.0908. The number of hydrogen-bond donors (Lipinski definition) is 1. The minimum atomic E-state index is -0.505. The Morgan fingerprint density at radius 1 is 1.15 bits per heavy atom. The first-order chi connectivity index (χ1) is 12.2. The van der Waals surface area contributed by atoms with Gasteiger partial charge in [0, 0.05) is 5.56 Å². The number of aromatic nitrogens is 2. The molecule has 0 fully saturated rings. The van der Waals surface area contributed by atoms with Gasteiger partial charge in [-0.15, -0.1) is 0 Å². The van der Waals surface area contributed by atoms with Gasteiger partial charge in [-0.25, -0.2) is 4.79 Å². The second-order valence-corrected chi connectivity index (χ2v) is 6.66. The zero-order valence-electron chi connectivity index (χ0n) is 15.9. The molecular formula is C21H26N2O3. The maximum absolute atomic E-state index is 12.4. The molecule has 0 aliphatic rings. The van der Waals surface area contributed by atoms with Crippen LogP contribution in [-0.2, 0) is 17.9 Å². The van der Waals surface area contributed by atoms with Crippen molar-refractivity contribution >= 4 is 5.57 Å². The van der Waals surface area contributed by atoms with E-state index in [-0.39, 0.29) is 12.3 Å². The van der Waals surface area contributed by atoms with Gasteiger partial charge in [-0.05, 0) is 38.3 Å². The zero-order chi connectivity index (χ0) is 19.4. The predicted octanol–water partition coefficient (Wildman–Crippen LogP) is 3.33. The maximum Gasteiger partial charge on any atom is 0.330 e. The SMILES string of the molecule is C=C(C)COCn1c(C(=C)c2cc(C)cc(C)c2)c(CC)c(=O)[nH]c1=O. The van der Waals surface area contributed by atoms with Crippen molar-refractivity contribution in [3.63, 3.8) is 0 Å². The summed E-state index contributed by atoms with van der Waals surface area (Å²) in [5, 5.41) is 0. The third-order valence-corrected chi connectivity index (χ3v) is 4.07. The first-order valence-electron chi connectivity index (χ1n) is 8.60. The summed E-state index contributed by atoms with van der Waals surface area (Å²) >= 11 is 0. The number of ether oxygens (including phenoxy) is 1. The lowest BCUT2D eigenvalue weighted by atomic mass is 9.96. The van der Waals surface area contributed by atoms with Crippen molar-refractivity contribution in [2.24, 2.45) is 0 Å². The summed E-state index contributed by atoms with van der Waals surface area (Å²) in [6.45, 7) is 16.1. The number of aryl methyl sites for hydroxylation is 2. The highest BCUT2D eigenvalue weighted by Gasteiger charge is 2.18. The molecule has 0 bridgehead atoms. The Kier molecular flexibility index (Phi) is 6.16. The molecule has 0 radical (unpaired) electrons. The summed E-state index contributed by atoms with van der Waals surface area (Å²) in [6.07, 6.45) is 0.481. The van der Waals surface area contributed by atoms with Crippen LogP contribution in [-0.4, -0.2) is 16.2 Å². The first-order valence-corrected chi connectivity index (χ1v) is 8.60. The first kappa shape index (κ1) is 19.7. The molecule has 26 heavy (non-hydrogen) atoms. The van der Waals surface area contributed by atoms with E-state index in [4.69, 9.17) is 4.74 Å². The van der Waals surface area contributed by atoms with Crippen LogP contribution in [0.3, 0.4) is 0 Å². The van der Waals surface area contributed by atoms with Crippen molar-refractivity contribution in [2.75, 3.05) is 6.61 Å². The smallest absolute Gasteiger partial charge is 0.330 e. The van der Waals surface area contributed by atoms with Gasteiger partial charge in [0.25, 0.3) is 5.56 Å². The summed E-state index contributed by atoms with van der Waals surface area (Å²) in [7, 11) is 0. The van der Waals surface area contributed by atoms with Crippen LogP contribution >= 0.6 is 0 Å². The second kappa shape index (κ2) is 8.15. The number of hydrogen-bond acceptors (Lipinski definition) is 3. The molecule has 0 atom stereocenters. The van der Waals surface area contributed by atoms with Crippen molar-refractivity contribution in [1.82, 2.24) is 9.55 Å². The number of rotatable bonds is 7. The Bertz CT molecular complexity index is 944. The largest absolute Gasteiger partial charge is 0.356 e. The Balaban J connectivity index is 2.63. The van der Waals surface area contributed by atoms with Crippen LogP contribution in [0, 0.1) is 13.8 Å². The van der Waals surface area contributed by atoms with Gasteiger partial charge in [-0.1, -0.05) is 55.0 Å². The minimum absolute atomic E-state index is 0.0224. The fraction of sp³-hybridized carbons (Fsp3) is 0.333. The molecule has 5 nitrogen and oxygen atoms in total. The molecule has 0 spiro atoms. The van der Waals surface area contributed by atoms with Gasteiger partial charge in [-0.3, -0.25) is 14.3 Å². The Morgan fingerprint density at radius 3 is 2.31 bits per heavy atom. The lowest BCUT2D eigenvalue weighted by Gasteiger charge is -2.18. The van der Waals surface area contributed by atoms with E-state index in [1.807, 2.05) is 39.8 Å². The Morgan fingerprint density at radius 2 is 1.77 bits per heavy atom. The molecule has 138 valence electrons. The van der Waals surface area contributed by atoms with Crippen molar-refractivity contribution < 1.29 is 4.74 Å². The average molecular weight is 354 g/mol. The predicted molar refractivity (Wildman–Crippen MR) is 106 cm³/mol. The van der Waals surface area contributed by atoms with Crippen LogP contribution in [0.15, 0.2) is 46.5 Å². The van der Waals surface area contributed by atoms with Crippen molar-refractivity contribution in [3.05, 3.63) is 85.7 Å². The van der Waals surface area contributed by atoms with Gasteiger partial charge in [0.2, 0.25) is 0 Å². The molecule has 0 saturated carbocycles. The number of H-pyrrole nitrogens is 1. The molecule has 0 saturated heterocycles. The van der Waals surface area contributed by atoms with Crippen molar-refractivity contribution in [3.8, 4) is 0 Å². The van der Waals surface area contributed by atoms with Crippen LogP contribution < -0.4 is 11.2 Å². The van der Waals surface area contributed by atoms with Crippen molar-refractivity contribution in [1.29, 1.82) is 0 Å². The molecule has 1 heterocycles. The quantitative estimate of drug-likeness (QED) is 0.776. The van der Waals surface area contributed by atoms with E-state index in [9.17, 15) is 9.59 Å². The van der Waals surface area contributed by atoms with Gasteiger partial charge in [0.1, 0.15) is 6.73 Å². The summed E-state index contributed by atoms with van der Waals surface area (Å²) in [5.41, 5.74) is 4.72. The lowest BCUT2D eigenvalue weighted by Crippen LogP contribution is -2.36. The number of nitrogens with zero attached hydrogens (tertiary/aromatic N) is 1. The topological polar surface area (TPSA) is 64.1 Å². The number of aromatic amines is 1. The third kappa shape index (κ3) is 4.29. The highest BCUT2D eigenvalue weighted by atomic mass is 16.5. The Hall–Kier alpha value is -2.66. The van der Waals surface area contributed by atoms with E-state index >= 15 is 0 Å². The monoisotopic (exact) mass is 354 g/mol. The molecule has 1 aromatic heterocycles. The number of nitrogens with one attached hydrogen (secondary N) is 1. The van der Waals surface area contributed by atoms with E-state index in [1.165, 1.54) is 4.57 Å². The molecular weight excluding hydrogens is 328 g/mol. The maximum atomic E-state index is 12.4. The number of benzene rings is 1. The highest BCUT2D eigenvalue weighted by molar-refractivity contribution is 5.78. The summed E-state index contributed by atoms with van der Waals surface area (Å²) in [5.74, 6) is 0. The zero-order valence-corrected chi connectivity index (χ0v) is 15.9. The summed E-state index contributed by atoms with van der Waals surface area (Å²) in [6, 6.07) is 6.07. The van der Waals surface area contributed by atoms with Crippen LogP contribution in [0.2, 0.25) is 0 Å². The summed E-state index contributed by atoms with van der Waals surface area (Å²) in [4.78, 5) is 27.1. The normalized spacial score (nSPS) is 10.8. The van der Waals surface area contributed by atoms with Gasteiger partial charge in [0.05, 0.1) is 12.3 Å². The average Bonchev–Trinajstić information content (AvgIpc) is 2.54. The fourth-order valence-corrected chi connectivity index (χ4v) is 3.01. The van der Waals surface area contributed by atoms with Crippen LogP contribution in [0.5, 0.6) is 0 Å². The molecule has 0 aliphatic heterocycles. The van der Waals surface area contributed by atoms with E-state index in [0.717, 1.165) is 22.3 Å². The highest BCUT2D eigenvalue weighted by Crippen LogP contribution is 2.25. The minimum Gasteiger partial charge on any atom is -0.356 e. The molecule has 5 heteroatoms. The third-order valence-electron chi connectivity index (χ3n) is 4.07. The van der Waals surface area contributed by atoms with Gasteiger partial charge >= 0.3 is 5.69 Å². The molecule has 2 rings (SSSR count). The summed E-state index contributed by atoms with van der Waals surface area (Å²) < 4.78 is 7.01. The van der Waals surface area contributed by atoms with Crippen molar-refractivity contribution in [2.45, 2.75) is 40.8 Å². The van der Waals surface area contributed by atoms with E-state index in [2.05, 4.69) is 24.2 Å². The van der Waals surface area contributed by atoms with Crippen LogP contribution in [0.1, 0.15) is 41.8 Å². The molecule has 1 aromatic carbocycles. The molecule has 2 aromatic rings. The Labute approximate surface area is 153 Å². The second-order valence-electron chi connectivity index (χ2n) is 6.66. The molecule has 0 amide bonds. The van der Waals surface area contributed by atoms with E-state index in [1.54, 1.807) is 0 Å². The molecule has 0 unspecified atom stereocenters. The van der Waals surface area contributed by atoms with Crippen LogP contribution in [0.4, 0.5) is 0 Å². The van der Waals surface area contributed by atoms with E-state index in [0.29, 0.717) is 29.9 Å². The molecule has 0 aliphatic carbocycles.